The van der Waals surface area contributed by atoms with Gasteiger partial charge in [-0.1, -0.05) is 6.92 Å². The molecule has 0 radical (unpaired) electrons. The van der Waals surface area contributed by atoms with Crippen molar-refractivity contribution in [3.05, 3.63) is 0 Å². The number of hydrogen-bond donors (Lipinski definition) is 2. The van der Waals surface area contributed by atoms with Crippen LogP contribution in [0.25, 0.3) is 0 Å². The van der Waals surface area contributed by atoms with Gasteiger partial charge >= 0.3 is 5.97 Å². The average molecular weight is 223 g/mol. The lowest BCUT2D eigenvalue weighted by Crippen LogP contribution is -2.37. The molecule has 0 spiro atoms. The molecule has 0 aromatic carbocycles. The zero-order chi connectivity index (χ0) is 11.4. The topological polar surface area (TPSA) is 97.5 Å². The van der Waals surface area contributed by atoms with Crippen LogP contribution in [-0.4, -0.2) is 36.5 Å². The van der Waals surface area contributed by atoms with Crippen LogP contribution in [0.1, 0.15) is 26.7 Å². The highest BCUT2D eigenvalue weighted by molar-refractivity contribution is 7.93. The molecular weight excluding hydrogens is 206 g/mol. The Morgan fingerprint density at radius 3 is 2.29 bits per heavy atom. The minimum atomic E-state index is -3.59. The fraction of sp³-hybridized carbons (Fsp3) is 0.875. The maximum atomic E-state index is 11.7. The van der Waals surface area contributed by atoms with E-state index >= 15 is 0 Å². The molecule has 84 valence electrons. The van der Waals surface area contributed by atoms with Gasteiger partial charge in [-0.15, -0.1) is 0 Å². The van der Waals surface area contributed by atoms with Gasteiger partial charge in [0.15, 0.2) is 15.1 Å². The molecule has 0 saturated carbocycles. The van der Waals surface area contributed by atoms with Crippen LogP contribution >= 0.6 is 0 Å². The van der Waals surface area contributed by atoms with Crippen molar-refractivity contribution in [2.75, 3.05) is 6.54 Å². The number of aliphatic carboxylic acids is 1. The fourth-order valence-electron chi connectivity index (χ4n) is 1.09. The second kappa shape index (κ2) is 5.31. The molecule has 0 fully saturated rings. The average Bonchev–Trinajstić information content (AvgIpc) is 2.11. The predicted molar refractivity (Wildman–Crippen MR) is 53.8 cm³/mol. The molecule has 0 aromatic heterocycles. The molecule has 0 aromatic rings. The Balaban J connectivity index is 4.90. The molecule has 5 nitrogen and oxygen atoms in total. The van der Waals surface area contributed by atoms with Crippen molar-refractivity contribution < 1.29 is 18.3 Å². The van der Waals surface area contributed by atoms with Crippen molar-refractivity contribution in [2.24, 2.45) is 5.73 Å². The van der Waals surface area contributed by atoms with E-state index in [-0.39, 0.29) is 13.0 Å². The van der Waals surface area contributed by atoms with Crippen LogP contribution in [0, 0.1) is 0 Å². The van der Waals surface area contributed by atoms with E-state index in [4.69, 9.17) is 10.8 Å². The highest BCUT2D eigenvalue weighted by Crippen LogP contribution is 2.15. The van der Waals surface area contributed by atoms with Crippen LogP contribution in [-0.2, 0) is 14.6 Å². The highest BCUT2D eigenvalue weighted by atomic mass is 32.2. The van der Waals surface area contributed by atoms with Gasteiger partial charge in [0.2, 0.25) is 0 Å². The van der Waals surface area contributed by atoms with Gasteiger partial charge in [-0.2, -0.15) is 0 Å². The molecular formula is C8H17NO4S. The second-order valence-corrected chi connectivity index (χ2v) is 5.76. The van der Waals surface area contributed by atoms with Crippen molar-refractivity contribution in [2.45, 2.75) is 37.2 Å². The summed E-state index contributed by atoms with van der Waals surface area (Å²) in [6.07, 6.45) is 0.388. The minimum Gasteiger partial charge on any atom is -0.480 e. The van der Waals surface area contributed by atoms with Gasteiger partial charge in [-0.05, 0) is 26.3 Å². The van der Waals surface area contributed by atoms with Crippen molar-refractivity contribution in [1.82, 2.24) is 0 Å². The zero-order valence-corrected chi connectivity index (χ0v) is 9.25. The van der Waals surface area contributed by atoms with E-state index in [0.29, 0.717) is 6.42 Å². The number of hydrogen-bond acceptors (Lipinski definition) is 4. The van der Waals surface area contributed by atoms with Gasteiger partial charge in [0, 0.05) is 0 Å². The number of carboxylic acids is 1. The van der Waals surface area contributed by atoms with E-state index in [0.717, 1.165) is 0 Å². The first-order valence-electron chi connectivity index (χ1n) is 4.53. The zero-order valence-electron chi connectivity index (χ0n) is 8.43. The summed E-state index contributed by atoms with van der Waals surface area (Å²) in [6.45, 7) is 3.29. The Morgan fingerprint density at radius 1 is 1.50 bits per heavy atom. The smallest absolute Gasteiger partial charge is 0.321 e. The summed E-state index contributed by atoms with van der Waals surface area (Å²) in [4.78, 5) is 10.7. The third kappa shape index (κ3) is 2.95. The summed E-state index contributed by atoms with van der Waals surface area (Å²) in [7, 11) is -3.59. The molecule has 14 heavy (non-hydrogen) atoms. The van der Waals surface area contributed by atoms with Crippen molar-refractivity contribution in [3.63, 3.8) is 0 Å². The predicted octanol–water partition coefficient (Wildman–Crippen LogP) is 0.00170. The monoisotopic (exact) mass is 223 g/mol. The summed E-state index contributed by atoms with van der Waals surface area (Å²) in [5.74, 6) is -1.31. The molecule has 3 N–H and O–H groups in total. The lowest BCUT2D eigenvalue weighted by atomic mass is 10.3. The first-order valence-corrected chi connectivity index (χ1v) is 6.14. The lowest BCUT2D eigenvalue weighted by molar-refractivity contribution is -0.136. The molecule has 0 amide bonds. The highest BCUT2D eigenvalue weighted by Gasteiger charge is 2.35. The molecule has 0 aliphatic rings. The molecule has 0 aliphatic carbocycles. The molecule has 2 unspecified atom stereocenters. The maximum Gasteiger partial charge on any atom is 0.321 e. The van der Waals surface area contributed by atoms with Crippen LogP contribution in [0.2, 0.25) is 0 Å². The maximum absolute atomic E-state index is 11.7. The lowest BCUT2D eigenvalue weighted by Gasteiger charge is -2.16. The largest absolute Gasteiger partial charge is 0.480 e. The molecule has 0 heterocycles. The van der Waals surface area contributed by atoms with E-state index in [2.05, 4.69) is 0 Å². The molecule has 0 bridgehead atoms. The Kier molecular flexibility index (Phi) is 5.07. The van der Waals surface area contributed by atoms with E-state index in [1.165, 1.54) is 6.92 Å². The number of nitrogens with two attached hydrogens (primary N) is 1. The van der Waals surface area contributed by atoms with E-state index in [1.807, 2.05) is 0 Å². The first-order chi connectivity index (χ1) is 6.37. The summed E-state index contributed by atoms with van der Waals surface area (Å²) < 4.78 is 23.3. The van der Waals surface area contributed by atoms with Gasteiger partial charge in [0.1, 0.15) is 0 Å². The van der Waals surface area contributed by atoms with Crippen LogP contribution < -0.4 is 5.73 Å². The second-order valence-electron chi connectivity index (χ2n) is 3.21. The summed E-state index contributed by atoms with van der Waals surface area (Å²) in [5, 5.41) is 6.76. The van der Waals surface area contributed by atoms with Gasteiger partial charge < -0.3 is 10.8 Å². The van der Waals surface area contributed by atoms with Crippen LogP contribution in [0.4, 0.5) is 0 Å². The number of sulfone groups is 1. The first kappa shape index (κ1) is 13.4. The molecule has 0 saturated heterocycles. The summed E-state index contributed by atoms with van der Waals surface area (Å²) >= 11 is 0. The van der Waals surface area contributed by atoms with Gasteiger partial charge in [-0.25, -0.2) is 8.42 Å². The Morgan fingerprint density at radius 2 is 2.00 bits per heavy atom. The quantitative estimate of drug-likeness (QED) is 0.660. The Bertz CT molecular complexity index is 286. The standard InChI is InChI=1S/C8H17NO4S/c1-3-6(2)14(12,13)7(4-5-9)8(10)11/h6-7H,3-5,9H2,1-2H3,(H,10,11). The van der Waals surface area contributed by atoms with E-state index in [1.54, 1.807) is 6.92 Å². The third-order valence-electron chi connectivity index (χ3n) is 2.24. The van der Waals surface area contributed by atoms with Crippen molar-refractivity contribution in [3.8, 4) is 0 Å². The van der Waals surface area contributed by atoms with Crippen molar-refractivity contribution >= 4 is 15.8 Å². The number of rotatable bonds is 6. The van der Waals surface area contributed by atoms with Gasteiger partial charge in [0.25, 0.3) is 0 Å². The minimum absolute atomic E-state index is 0.0258. The van der Waals surface area contributed by atoms with Gasteiger partial charge in [-0.3, -0.25) is 4.79 Å². The fourth-order valence-corrected chi connectivity index (χ4v) is 2.86. The third-order valence-corrected chi connectivity index (χ3v) is 4.92. The molecule has 6 heteroatoms. The van der Waals surface area contributed by atoms with Crippen LogP contribution in [0.5, 0.6) is 0 Å². The molecule has 0 aliphatic heterocycles. The number of carbonyl (C=O) groups is 1. The van der Waals surface area contributed by atoms with Crippen LogP contribution in [0.3, 0.4) is 0 Å². The molecule has 2 atom stereocenters. The van der Waals surface area contributed by atoms with Gasteiger partial charge in [0.05, 0.1) is 5.25 Å². The summed E-state index contributed by atoms with van der Waals surface area (Å²) in [6, 6.07) is 0. The normalized spacial score (nSPS) is 16.2. The SMILES string of the molecule is CCC(C)S(=O)(=O)C(CCN)C(=O)O. The van der Waals surface area contributed by atoms with E-state index < -0.39 is 26.3 Å². The van der Waals surface area contributed by atoms with Crippen molar-refractivity contribution in [1.29, 1.82) is 0 Å². The Hall–Kier alpha value is -0.620. The Labute approximate surface area is 84.2 Å². The van der Waals surface area contributed by atoms with E-state index in [9.17, 15) is 13.2 Å². The molecule has 0 rings (SSSR count). The number of carboxylic acid groups (broad SMARTS) is 1. The van der Waals surface area contributed by atoms with Crippen LogP contribution in [0.15, 0.2) is 0 Å². The summed E-state index contributed by atoms with van der Waals surface area (Å²) in [5.41, 5.74) is 5.18.